The van der Waals surface area contributed by atoms with Gasteiger partial charge in [-0.3, -0.25) is 0 Å². The van der Waals surface area contributed by atoms with Crippen LogP contribution in [0, 0.1) is 6.92 Å². The zero-order valence-corrected chi connectivity index (χ0v) is 11.8. The van der Waals surface area contributed by atoms with E-state index in [2.05, 4.69) is 6.92 Å². The molecule has 105 valence electrons. The fourth-order valence-corrected chi connectivity index (χ4v) is 1.79. The van der Waals surface area contributed by atoms with Gasteiger partial charge < -0.3 is 18.9 Å². The molecule has 2 rings (SSSR count). The lowest BCUT2D eigenvalue weighted by Gasteiger charge is -2.16. The molecule has 0 saturated heterocycles. The predicted octanol–water partition coefficient (Wildman–Crippen LogP) is 3.69. The fourth-order valence-electron chi connectivity index (χ4n) is 1.79. The van der Waals surface area contributed by atoms with Gasteiger partial charge in [-0.25, -0.2) is 0 Å². The summed E-state index contributed by atoms with van der Waals surface area (Å²) in [5.74, 6) is 2.84. The van der Waals surface area contributed by atoms with E-state index in [1.165, 1.54) is 0 Å². The summed E-state index contributed by atoms with van der Waals surface area (Å²) in [7, 11) is 4.72. The van der Waals surface area contributed by atoms with Crippen LogP contribution in [0.5, 0.6) is 28.7 Å². The van der Waals surface area contributed by atoms with Crippen molar-refractivity contribution in [2.24, 2.45) is 0 Å². The minimum absolute atomic E-state index is 0.493. The third-order valence-corrected chi connectivity index (χ3v) is 2.85. The Bertz CT molecular complexity index is 568. The van der Waals surface area contributed by atoms with Crippen molar-refractivity contribution in [3.05, 3.63) is 48.9 Å². The van der Waals surface area contributed by atoms with Gasteiger partial charge in [0.05, 0.1) is 21.3 Å². The Kier molecular flexibility index (Phi) is 4.35. The minimum atomic E-state index is 0.493. The lowest BCUT2D eigenvalue weighted by Crippen LogP contribution is -1.97. The SMILES string of the molecule is [CH2]c1ccccc1Oc1c(OC)cc(OC)cc1OC. The van der Waals surface area contributed by atoms with E-state index in [1.54, 1.807) is 33.5 Å². The zero-order valence-electron chi connectivity index (χ0n) is 11.8. The van der Waals surface area contributed by atoms with E-state index in [4.69, 9.17) is 18.9 Å². The molecule has 0 aromatic heterocycles. The summed E-state index contributed by atoms with van der Waals surface area (Å²) in [5, 5.41) is 0. The van der Waals surface area contributed by atoms with Crippen LogP contribution in [0.4, 0.5) is 0 Å². The second kappa shape index (κ2) is 6.19. The highest BCUT2D eigenvalue weighted by Gasteiger charge is 2.16. The average molecular weight is 273 g/mol. The maximum Gasteiger partial charge on any atom is 0.211 e. The number of hydrogen-bond acceptors (Lipinski definition) is 4. The summed E-state index contributed by atoms with van der Waals surface area (Å²) in [6, 6.07) is 11.0. The number of para-hydroxylation sites is 1. The van der Waals surface area contributed by atoms with Crippen molar-refractivity contribution in [2.75, 3.05) is 21.3 Å². The van der Waals surface area contributed by atoms with E-state index in [1.807, 2.05) is 24.3 Å². The fraction of sp³-hybridized carbons (Fsp3) is 0.188. The molecule has 0 fully saturated rings. The van der Waals surface area contributed by atoms with Crippen LogP contribution in [-0.4, -0.2) is 21.3 Å². The van der Waals surface area contributed by atoms with Crippen molar-refractivity contribution in [2.45, 2.75) is 0 Å². The van der Waals surface area contributed by atoms with Crippen LogP contribution in [0.15, 0.2) is 36.4 Å². The molecule has 20 heavy (non-hydrogen) atoms. The van der Waals surface area contributed by atoms with Crippen molar-refractivity contribution in [3.63, 3.8) is 0 Å². The van der Waals surface area contributed by atoms with Crippen molar-refractivity contribution in [1.29, 1.82) is 0 Å². The molecule has 0 amide bonds. The van der Waals surface area contributed by atoms with E-state index >= 15 is 0 Å². The lowest BCUT2D eigenvalue weighted by molar-refractivity contribution is 0.337. The molecule has 2 aromatic carbocycles. The van der Waals surface area contributed by atoms with Crippen LogP contribution in [0.3, 0.4) is 0 Å². The Balaban J connectivity index is 2.47. The van der Waals surface area contributed by atoms with Crippen LogP contribution in [-0.2, 0) is 0 Å². The monoisotopic (exact) mass is 273 g/mol. The summed E-state index contributed by atoms with van der Waals surface area (Å²) in [6.07, 6.45) is 0. The molecular formula is C16H17O4. The van der Waals surface area contributed by atoms with Crippen LogP contribution >= 0.6 is 0 Å². The molecule has 0 spiro atoms. The Morgan fingerprint density at radius 1 is 0.800 bits per heavy atom. The van der Waals surface area contributed by atoms with Gasteiger partial charge in [-0.15, -0.1) is 0 Å². The van der Waals surface area contributed by atoms with Gasteiger partial charge in [0, 0.05) is 12.1 Å². The number of ether oxygens (including phenoxy) is 4. The van der Waals surface area contributed by atoms with Crippen molar-refractivity contribution in [1.82, 2.24) is 0 Å². The quantitative estimate of drug-likeness (QED) is 0.832. The van der Waals surface area contributed by atoms with Gasteiger partial charge in [-0.05, 0) is 18.6 Å². The lowest BCUT2D eigenvalue weighted by atomic mass is 10.2. The highest BCUT2D eigenvalue weighted by Crippen LogP contribution is 2.43. The van der Waals surface area contributed by atoms with E-state index in [9.17, 15) is 0 Å². The highest BCUT2D eigenvalue weighted by molar-refractivity contribution is 5.58. The summed E-state index contributed by atoms with van der Waals surface area (Å²) in [4.78, 5) is 0. The van der Waals surface area contributed by atoms with Crippen molar-refractivity contribution >= 4 is 0 Å². The van der Waals surface area contributed by atoms with E-state index < -0.39 is 0 Å². The largest absolute Gasteiger partial charge is 0.496 e. The molecule has 0 unspecified atom stereocenters. The Morgan fingerprint density at radius 2 is 1.40 bits per heavy atom. The van der Waals surface area contributed by atoms with Gasteiger partial charge in [0.1, 0.15) is 11.5 Å². The highest BCUT2D eigenvalue weighted by atomic mass is 16.5. The van der Waals surface area contributed by atoms with Gasteiger partial charge in [0.2, 0.25) is 5.75 Å². The van der Waals surface area contributed by atoms with Gasteiger partial charge >= 0.3 is 0 Å². The molecule has 0 aliphatic carbocycles. The molecule has 0 N–H and O–H groups in total. The second-order valence-electron chi connectivity index (χ2n) is 4.07. The summed E-state index contributed by atoms with van der Waals surface area (Å²) >= 11 is 0. The number of benzene rings is 2. The van der Waals surface area contributed by atoms with E-state index in [0.717, 1.165) is 5.56 Å². The molecule has 0 aliphatic heterocycles. The topological polar surface area (TPSA) is 36.9 Å². The first kappa shape index (κ1) is 14.1. The van der Waals surface area contributed by atoms with Crippen LogP contribution in [0.25, 0.3) is 0 Å². The molecule has 4 nitrogen and oxygen atoms in total. The first-order chi connectivity index (χ1) is 9.69. The van der Waals surface area contributed by atoms with Gasteiger partial charge in [-0.2, -0.15) is 0 Å². The summed E-state index contributed by atoms with van der Waals surface area (Å²) < 4.78 is 21.8. The van der Waals surface area contributed by atoms with Gasteiger partial charge in [-0.1, -0.05) is 18.2 Å². The molecule has 0 bridgehead atoms. The predicted molar refractivity (Wildman–Crippen MR) is 77.1 cm³/mol. The molecule has 0 atom stereocenters. The third-order valence-electron chi connectivity index (χ3n) is 2.85. The number of rotatable bonds is 5. The van der Waals surface area contributed by atoms with Gasteiger partial charge in [0.25, 0.3) is 0 Å². The minimum Gasteiger partial charge on any atom is -0.496 e. The van der Waals surface area contributed by atoms with E-state index in [0.29, 0.717) is 28.7 Å². The normalized spacial score (nSPS) is 10.0. The Morgan fingerprint density at radius 3 is 1.90 bits per heavy atom. The second-order valence-corrected chi connectivity index (χ2v) is 4.07. The smallest absolute Gasteiger partial charge is 0.211 e. The van der Waals surface area contributed by atoms with E-state index in [-0.39, 0.29) is 0 Å². The first-order valence-electron chi connectivity index (χ1n) is 6.08. The molecule has 0 heterocycles. The number of methoxy groups -OCH3 is 3. The average Bonchev–Trinajstić information content (AvgIpc) is 2.49. The van der Waals surface area contributed by atoms with Crippen LogP contribution < -0.4 is 18.9 Å². The third kappa shape index (κ3) is 2.79. The zero-order chi connectivity index (χ0) is 14.5. The van der Waals surface area contributed by atoms with Crippen LogP contribution in [0.2, 0.25) is 0 Å². The molecule has 2 aromatic rings. The molecule has 0 saturated carbocycles. The number of hydrogen-bond donors (Lipinski definition) is 0. The first-order valence-corrected chi connectivity index (χ1v) is 6.08. The van der Waals surface area contributed by atoms with Crippen LogP contribution in [0.1, 0.15) is 5.56 Å². The standard InChI is InChI=1S/C16H17O4/c1-11-7-5-6-8-13(11)20-16-14(18-3)9-12(17-2)10-15(16)19-4/h5-10H,1H2,2-4H3. The molecular weight excluding hydrogens is 256 g/mol. The van der Waals surface area contributed by atoms with Gasteiger partial charge in [0.15, 0.2) is 11.5 Å². The summed E-state index contributed by atoms with van der Waals surface area (Å²) in [5.41, 5.74) is 0.785. The van der Waals surface area contributed by atoms with Crippen molar-refractivity contribution in [3.8, 4) is 28.7 Å². The summed E-state index contributed by atoms with van der Waals surface area (Å²) in [6.45, 7) is 3.93. The maximum atomic E-state index is 5.88. The molecule has 4 heteroatoms. The van der Waals surface area contributed by atoms with Crippen molar-refractivity contribution < 1.29 is 18.9 Å². The Hall–Kier alpha value is -2.36. The Labute approximate surface area is 118 Å². The molecule has 0 aliphatic rings. The molecule has 1 radical (unpaired) electrons. The maximum absolute atomic E-state index is 5.88.